The molecule has 0 heterocycles. The summed E-state index contributed by atoms with van der Waals surface area (Å²) in [5.41, 5.74) is 0.789. The third-order valence-electron chi connectivity index (χ3n) is 3.53. The molecule has 0 aromatic heterocycles. The van der Waals surface area contributed by atoms with Crippen molar-refractivity contribution >= 4 is 12.1 Å². The summed E-state index contributed by atoms with van der Waals surface area (Å²) in [5, 5.41) is 5.76. The Morgan fingerprint density at radius 1 is 0.708 bits per heavy atom. The summed E-state index contributed by atoms with van der Waals surface area (Å²) in [7, 11) is 0. The fraction of sp³-hybridized carbons (Fsp3) is 0.778. The average Bonchev–Trinajstić information content (AvgIpc) is 2.57. The van der Waals surface area contributed by atoms with Crippen molar-refractivity contribution in [2.75, 3.05) is 39.3 Å². The molecule has 2 N–H and O–H groups in total. The summed E-state index contributed by atoms with van der Waals surface area (Å²) < 4.78 is 0. The minimum atomic E-state index is -0.0650. The lowest BCUT2D eigenvalue weighted by molar-refractivity contribution is 0.198. The fourth-order valence-electron chi connectivity index (χ4n) is 2.40. The van der Waals surface area contributed by atoms with Gasteiger partial charge in [0.25, 0.3) is 0 Å². The first-order valence-corrected chi connectivity index (χ1v) is 9.22. The molecule has 6 nitrogen and oxygen atoms in total. The Hall–Kier alpha value is -1.72. The van der Waals surface area contributed by atoms with Crippen molar-refractivity contribution in [3.63, 3.8) is 0 Å². The molecule has 0 aromatic rings. The van der Waals surface area contributed by atoms with Crippen LogP contribution in [-0.2, 0) is 0 Å². The molecule has 0 spiro atoms. The molecule has 0 rings (SSSR count). The van der Waals surface area contributed by atoms with Crippen molar-refractivity contribution in [2.24, 2.45) is 0 Å². The second-order valence-corrected chi connectivity index (χ2v) is 6.04. The Balaban J connectivity index is 4.20. The van der Waals surface area contributed by atoms with E-state index in [9.17, 15) is 9.59 Å². The van der Waals surface area contributed by atoms with E-state index in [4.69, 9.17) is 0 Å². The zero-order valence-corrected chi connectivity index (χ0v) is 16.0. The maximum Gasteiger partial charge on any atom is 0.317 e. The lowest BCUT2D eigenvalue weighted by atomic mass is 10.3. The highest BCUT2D eigenvalue weighted by molar-refractivity contribution is 5.75. The van der Waals surface area contributed by atoms with Gasteiger partial charge in [0.1, 0.15) is 0 Å². The summed E-state index contributed by atoms with van der Waals surface area (Å²) >= 11 is 0. The van der Waals surface area contributed by atoms with Gasteiger partial charge in [-0.05, 0) is 31.3 Å². The Morgan fingerprint density at radius 2 is 1.00 bits per heavy atom. The molecule has 0 saturated heterocycles. The number of carbonyl (C=O) groups excluding carboxylic acids is 2. The Bertz CT molecular complexity index is 339. The normalized spacial score (nSPS) is 10.2. The largest absolute Gasteiger partial charge is 0.334 e. The molecular formula is C18H36N4O2. The van der Waals surface area contributed by atoms with Gasteiger partial charge in [0.2, 0.25) is 0 Å². The number of nitrogens with zero attached hydrogens (tertiary/aromatic N) is 2. The maximum absolute atomic E-state index is 12.1. The molecule has 6 heteroatoms. The number of hydrogen-bond donors (Lipinski definition) is 2. The van der Waals surface area contributed by atoms with Crippen molar-refractivity contribution < 1.29 is 9.59 Å². The van der Waals surface area contributed by atoms with E-state index in [0.29, 0.717) is 13.1 Å². The average molecular weight is 341 g/mol. The van der Waals surface area contributed by atoms with Crippen LogP contribution < -0.4 is 10.6 Å². The van der Waals surface area contributed by atoms with Crippen LogP contribution in [0.15, 0.2) is 12.2 Å². The lowest BCUT2D eigenvalue weighted by Crippen LogP contribution is -2.44. The van der Waals surface area contributed by atoms with Crippen LogP contribution >= 0.6 is 0 Å². The standard InChI is InChI=1S/C18H36N4O2/c1-6-10-21(11-7-2)17(23)19-14-16(5)15-20-18(24)22(12-8-3)13-9-4/h5-15H2,1-4H3,(H,19,23)(H,20,24). The zero-order valence-electron chi connectivity index (χ0n) is 16.0. The molecule has 0 aliphatic rings. The van der Waals surface area contributed by atoms with Crippen molar-refractivity contribution in [1.29, 1.82) is 0 Å². The Morgan fingerprint density at radius 3 is 1.25 bits per heavy atom. The van der Waals surface area contributed by atoms with Crippen LogP contribution in [0.5, 0.6) is 0 Å². The van der Waals surface area contributed by atoms with Crippen LogP contribution in [0, 0.1) is 0 Å². The first-order chi connectivity index (χ1) is 11.5. The van der Waals surface area contributed by atoms with Crippen LogP contribution in [0.3, 0.4) is 0 Å². The SMILES string of the molecule is C=C(CNC(=O)N(CCC)CCC)CNC(=O)N(CCC)CCC. The van der Waals surface area contributed by atoms with Gasteiger partial charge < -0.3 is 20.4 Å². The molecule has 0 aromatic carbocycles. The van der Waals surface area contributed by atoms with Gasteiger partial charge in [-0.2, -0.15) is 0 Å². The highest BCUT2D eigenvalue weighted by Crippen LogP contribution is 1.98. The molecule has 0 fully saturated rings. The summed E-state index contributed by atoms with van der Waals surface area (Å²) in [6.45, 7) is 16.0. The highest BCUT2D eigenvalue weighted by atomic mass is 16.2. The van der Waals surface area contributed by atoms with Crippen molar-refractivity contribution in [1.82, 2.24) is 20.4 Å². The first-order valence-electron chi connectivity index (χ1n) is 9.22. The quantitative estimate of drug-likeness (QED) is 0.536. The number of rotatable bonds is 12. The van der Waals surface area contributed by atoms with Gasteiger partial charge in [-0.1, -0.05) is 34.3 Å². The number of nitrogens with one attached hydrogen (secondary N) is 2. The lowest BCUT2D eigenvalue weighted by Gasteiger charge is -2.23. The molecule has 0 radical (unpaired) electrons. The minimum Gasteiger partial charge on any atom is -0.334 e. The minimum absolute atomic E-state index is 0.0650. The third-order valence-corrected chi connectivity index (χ3v) is 3.53. The molecule has 140 valence electrons. The molecule has 24 heavy (non-hydrogen) atoms. The predicted octanol–water partition coefficient (Wildman–Crippen LogP) is 3.21. The highest BCUT2D eigenvalue weighted by Gasteiger charge is 2.13. The monoisotopic (exact) mass is 340 g/mol. The van der Waals surface area contributed by atoms with E-state index in [0.717, 1.165) is 57.4 Å². The van der Waals surface area contributed by atoms with Gasteiger partial charge in [-0.15, -0.1) is 0 Å². The number of hydrogen-bond acceptors (Lipinski definition) is 2. The second kappa shape index (κ2) is 13.7. The van der Waals surface area contributed by atoms with Crippen LogP contribution in [-0.4, -0.2) is 61.1 Å². The van der Waals surface area contributed by atoms with Gasteiger partial charge >= 0.3 is 12.1 Å². The van der Waals surface area contributed by atoms with E-state index >= 15 is 0 Å². The number of carbonyl (C=O) groups is 2. The summed E-state index contributed by atoms with van der Waals surface area (Å²) in [6, 6.07) is -0.130. The molecule has 0 atom stereocenters. The molecule has 0 aliphatic heterocycles. The van der Waals surface area contributed by atoms with Gasteiger partial charge in [0.15, 0.2) is 0 Å². The van der Waals surface area contributed by atoms with E-state index in [1.165, 1.54) is 0 Å². The van der Waals surface area contributed by atoms with Gasteiger partial charge in [0, 0.05) is 39.3 Å². The van der Waals surface area contributed by atoms with E-state index in [1.54, 1.807) is 0 Å². The first kappa shape index (κ1) is 22.3. The number of amides is 4. The van der Waals surface area contributed by atoms with Gasteiger partial charge in [-0.25, -0.2) is 9.59 Å². The van der Waals surface area contributed by atoms with Crippen LogP contribution in [0.4, 0.5) is 9.59 Å². The molecule has 4 amide bonds. The van der Waals surface area contributed by atoms with Crippen molar-refractivity contribution in [3.8, 4) is 0 Å². The topological polar surface area (TPSA) is 64.7 Å². The van der Waals surface area contributed by atoms with E-state index in [2.05, 4.69) is 44.9 Å². The number of urea groups is 2. The van der Waals surface area contributed by atoms with Crippen LogP contribution in [0.2, 0.25) is 0 Å². The van der Waals surface area contributed by atoms with E-state index < -0.39 is 0 Å². The fourth-order valence-corrected chi connectivity index (χ4v) is 2.40. The zero-order chi connectivity index (χ0) is 18.4. The molecule has 0 unspecified atom stereocenters. The molecular weight excluding hydrogens is 304 g/mol. The van der Waals surface area contributed by atoms with Gasteiger partial charge in [-0.3, -0.25) is 0 Å². The van der Waals surface area contributed by atoms with E-state index in [1.807, 2.05) is 9.80 Å². The van der Waals surface area contributed by atoms with Crippen molar-refractivity contribution in [3.05, 3.63) is 12.2 Å². The molecule has 0 aliphatic carbocycles. The van der Waals surface area contributed by atoms with Crippen LogP contribution in [0.1, 0.15) is 53.4 Å². The Kier molecular flexibility index (Phi) is 12.7. The second-order valence-electron chi connectivity index (χ2n) is 6.04. The maximum atomic E-state index is 12.1. The summed E-state index contributed by atoms with van der Waals surface area (Å²) in [4.78, 5) is 27.9. The third kappa shape index (κ3) is 9.43. The molecule has 0 saturated carbocycles. The van der Waals surface area contributed by atoms with Crippen LogP contribution in [0.25, 0.3) is 0 Å². The Labute approximate surface area is 147 Å². The van der Waals surface area contributed by atoms with Crippen molar-refractivity contribution in [2.45, 2.75) is 53.4 Å². The van der Waals surface area contributed by atoms with E-state index in [-0.39, 0.29) is 12.1 Å². The summed E-state index contributed by atoms with van der Waals surface area (Å²) in [5.74, 6) is 0. The smallest absolute Gasteiger partial charge is 0.317 e. The predicted molar refractivity (Wildman–Crippen MR) is 100 cm³/mol. The summed E-state index contributed by atoms with van der Waals surface area (Å²) in [6.07, 6.45) is 3.76. The van der Waals surface area contributed by atoms with Gasteiger partial charge in [0.05, 0.1) is 0 Å². The molecule has 0 bridgehead atoms.